The van der Waals surface area contributed by atoms with Gasteiger partial charge in [0.25, 0.3) is 5.91 Å². The van der Waals surface area contributed by atoms with Crippen LogP contribution in [0.2, 0.25) is 0 Å². The van der Waals surface area contributed by atoms with Gasteiger partial charge >= 0.3 is 6.03 Å². The number of hydrogen-bond acceptors (Lipinski definition) is 5. The Balaban J connectivity index is 1.67. The molecular formula is C23H25FN4O3S. The number of nitrogens with zero attached hydrogens (tertiary/aromatic N) is 2. The van der Waals surface area contributed by atoms with Gasteiger partial charge in [0.05, 0.1) is 18.8 Å². The minimum absolute atomic E-state index is 0.0903. The van der Waals surface area contributed by atoms with Gasteiger partial charge in [0, 0.05) is 24.7 Å². The van der Waals surface area contributed by atoms with Crippen LogP contribution in [0.3, 0.4) is 0 Å². The fourth-order valence-corrected chi connectivity index (χ4v) is 3.66. The van der Waals surface area contributed by atoms with Gasteiger partial charge in [-0.3, -0.25) is 4.79 Å². The summed E-state index contributed by atoms with van der Waals surface area (Å²) in [5, 5.41) is 7.63. The van der Waals surface area contributed by atoms with E-state index in [1.165, 1.54) is 35.5 Å². The number of ether oxygens (including phenoxy) is 1. The molecular weight excluding hydrogens is 431 g/mol. The molecule has 0 saturated carbocycles. The van der Waals surface area contributed by atoms with Crippen molar-refractivity contribution in [2.24, 2.45) is 0 Å². The molecule has 3 aromatic rings. The molecule has 0 fully saturated rings. The highest BCUT2D eigenvalue weighted by atomic mass is 32.1. The molecule has 3 amide bonds. The number of halogens is 1. The number of thiazole rings is 1. The largest absolute Gasteiger partial charge is 0.383 e. The zero-order valence-electron chi connectivity index (χ0n) is 18.1. The second-order valence-corrected chi connectivity index (χ2v) is 8.15. The van der Waals surface area contributed by atoms with E-state index >= 15 is 0 Å². The van der Waals surface area contributed by atoms with E-state index in [1.54, 1.807) is 17.5 Å². The predicted octanol–water partition coefficient (Wildman–Crippen LogP) is 4.83. The van der Waals surface area contributed by atoms with Gasteiger partial charge in [-0.1, -0.05) is 18.2 Å². The first-order valence-electron chi connectivity index (χ1n) is 9.99. The molecule has 0 saturated heterocycles. The molecule has 0 radical (unpaired) electrons. The predicted molar refractivity (Wildman–Crippen MR) is 124 cm³/mol. The first-order valence-corrected chi connectivity index (χ1v) is 10.9. The Kier molecular flexibility index (Phi) is 7.91. The molecule has 2 aromatic carbocycles. The second kappa shape index (κ2) is 10.8. The summed E-state index contributed by atoms with van der Waals surface area (Å²) < 4.78 is 19.0. The Morgan fingerprint density at radius 2 is 1.91 bits per heavy atom. The molecule has 0 aliphatic rings. The molecule has 3 rings (SSSR count). The zero-order valence-corrected chi connectivity index (χ0v) is 19.0. The molecule has 0 unspecified atom stereocenters. The van der Waals surface area contributed by atoms with Gasteiger partial charge < -0.3 is 20.3 Å². The minimum atomic E-state index is -0.521. The summed E-state index contributed by atoms with van der Waals surface area (Å²) in [4.78, 5) is 31.1. The summed E-state index contributed by atoms with van der Waals surface area (Å²) in [5.41, 5.74) is 3.27. The SMILES string of the molecule is COCCN(Cc1nc(C(=O)Nc2ccc(C)c(C)c2)cs1)C(=O)Nc1ccccc1F. The van der Waals surface area contributed by atoms with E-state index in [9.17, 15) is 14.0 Å². The van der Waals surface area contributed by atoms with E-state index in [-0.39, 0.29) is 30.4 Å². The van der Waals surface area contributed by atoms with Crippen molar-refractivity contribution >= 4 is 34.6 Å². The lowest BCUT2D eigenvalue weighted by Crippen LogP contribution is -2.37. The third kappa shape index (κ3) is 6.12. The van der Waals surface area contributed by atoms with Crippen molar-refractivity contribution in [1.82, 2.24) is 9.88 Å². The number of aryl methyl sites for hydroxylation is 2. The highest BCUT2D eigenvalue weighted by Gasteiger charge is 2.19. The number of amides is 3. The number of para-hydroxylation sites is 1. The van der Waals surface area contributed by atoms with Gasteiger partial charge in [0.1, 0.15) is 16.5 Å². The number of urea groups is 1. The third-order valence-electron chi connectivity index (χ3n) is 4.84. The fraction of sp³-hybridized carbons (Fsp3) is 0.261. The molecule has 0 spiro atoms. The number of anilines is 2. The van der Waals surface area contributed by atoms with Crippen molar-refractivity contribution in [2.45, 2.75) is 20.4 Å². The van der Waals surface area contributed by atoms with Gasteiger partial charge in [0.15, 0.2) is 0 Å². The summed E-state index contributed by atoms with van der Waals surface area (Å²) in [6.07, 6.45) is 0. The summed E-state index contributed by atoms with van der Waals surface area (Å²) in [5.74, 6) is -0.845. The van der Waals surface area contributed by atoms with Crippen molar-refractivity contribution in [3.8, 4) is 0 Å². The van der Waals surface area contributed by atoms with Crippen molar-refractivity contribution in [3.63, 3.8) is 0 Å². The quantitative estimate of drug-likeness (QED) is 0.508. The lowest BCUT2D eigenvalue weighted by Gasteiger charge is -2.22. The Morgan fingerprint density at radius 3 is 2.62 bits per heavy atom. The second-order valence-electron chi connectivity index (χ2n) is 7.20. The number of carbonyl (C=O) groups is 2. The number of rotatable bonds is 8. The van der Waals surface area contributed by atoms with Gasteiger partial charge in [-0.05, 0) is 49.2 Å². The minimum Gasteiger partial charge on any atom is -0.383 e. The maximum absolute atomic E-state index is 13.9. The van der Waals surface area contributed by atoms with Crippen molar-refractivity contribution in [3.05, 3.63) is 75.5 Å². The van der Waals surface area contributed by atoms with Crippen LogP contribution in [0.15, 0.2) is 47.8 Å². The van der Waals surface area contributed by atoms with Crippen molar-refractivity contribution < 1.29 is 18.7 Å². The zero-order chi connectivity index (χ0) is 23.1. The average Bonchev–Trinajstić information content (AvgIpc) is 3.24. The van der Waals surface area contributed by atoms with Crippen LogP contribution in [0.5, 0.6) is 0 Å². The Morgan fingerprint density at radius 1 is 1.12 bits per heavy atom. The van der Waals surface area contributed by atoms with E-state index in [0.29, 0.717) is 17.3 Å². The normalized spacial score (nSPS) is 10.6. The smallest absolute Gasteiger partial charge is 0.322 e. The first kappa shape index (κ1) is 23.4. The average molecular weight is 457 g/mol. The van der Waals surface area contributed by atoms with Gasteiger partial charge in [-0.15, -0.1) is 11.3 Å². The monoisotopic (exact) mass is 456 g/mol. The van der Waals surface area contributed by atoms with Crippen LogP contribution in [0.4, 0.5) is 20.6 Å². The van der Waals surface area contributed by atoms with E-state index in [0.717, 1.165) is 11.1 Å². The Bertz CT molecular complexity index is 1100. The molecule has 0 atom stereocenters. The summed E-state index contributed by atoms with van der Waals surface area (Å²) in [7, 11) is 1.53. The lowest BCUT2D eigenvalue weighted by molar-refractivity contribution is 0.102. The van der Waals surface area contributed by atoms with E-state index in [4.69, 9.17) is 4.74 Å². The van der Waals surface area contributed by atoms with Crippen LogP contribution >= 0.6 is 11.3 Å². The number of hydrogen-bond donors (Lipinski definition) is 2. The van der Waals surface area contributed by atoms with Crippen LogP contribution in [0, 0.1) is 19.7 Å². The molecule has 9 heteroatoms. The van der Waals surface area contributed by atoms with E-state index < -0.39 is 11.8 Å². The van der Waals surface area contributed by atoms with Crippen LogP contribution in [-0.4, -0.2) is 42.1 Å². The number of methoxy groups -OCH3 is 1. The highest BCUT2D eigenvalue weighted by Crippen LogP contribution is 2.18. The Hall–Kier alpha value is -3.30. The first-order chi connectivity index (χ1) is 15.4. The van der Waals surface area contributed by atoms with E-state index in [2.05, 4.69) is 15.6 Å². The van der Waals surface area contributed by atoms with Crippen LogP contribution in [0.25, 0.3) is 0 Å². The highest BCUT2D eigenvalue weighted by molar-refractivity contribution is 7.09. The van der Waals surface area contributed by atoms with Gasteiger partial charge in [0.2, 0.25) is 0 Å². The topological polar surface area (TPSA) is 83.6 Å². The van der Waals surface area contributed by atoms with Crippen molar-refractivity contribution in [2.75, 3.05) is 30.9 Å². The molecule has 0 bridgehead atoms. The maximum Gasteiger partial charge on any atom is 0.322 e. The van der Waals surface area contributed by atoms with Gasteiger partial charge in [-0.2, -0.15) is 0 Å². The summed E-state index contributed by atoms with van der Waals surface area (Å²) in [6.45, 7) is 4.72. The summed E-state index contributed by atoms with van der Waals surface area (Å²) in [6, 6.07) is 11.2. The van der Waals surface area contributed by atoms with Crippen LogP contribution < -0.4 is 10.6 Å². The van der Waals surface area contributed by atoms with Crippen LogP contribution in [0.1, 0.15) is 26.6 Å². The van der Waals surface area contributed by atoms with Gasteiger partial charge in [-0.25, -0.2) is 14.2 Å². The number of nitrogens with one attached hydrogen (secondary N) is 2. The standard InChI is InChI=1S/C23H25FN4O3S/c1-15-8-9-17(12-16(15)2)25-22(29)20-14-32-21(26-20)13-28(10-11-31-3)23(30)27-19-7-5-4-6-18(19)24/h4-9,12,14H,10-11,13H2,1-3H3,(H,25,29)(H,27,30). The molecule has 168 valence electrons. The summed E-state index contributed by atoms with van der Waals surface area (Å²) >= 11 is 1.27. The number of benzene rings is 2. The van der Waals surface area contributed by atoms with Crippen LogP contribution in [-0.2, 0) is 11.3 Å². The molecule has 0 aliphatic carbocycles. The van der Waals surface area contributed by atoms with E-state index in [1.807, 2.05) is 32.0 Å². The molecule has 7 nitrogen and oxygen atoms in total. The molecule has 0 aliphatic heterocycles. The fourth-order valence-electron chi connectivity index (χ4n) is 2.88. The number of aromatic nitrogens is 1. The Labute approximate surface area is 190 Å². The molecule has 32 heavy (non-hydrogen) atoms. The molecule has 2 N–H and O–H groups in total. The maximum atomic E-state index is 13.9. The molecule has 1 heterocycles. The molecule has 1 aromatic heterocycles. The van der Waals surface area contributed by atoms with Crippen molar-refractivity contribution in [1.29, 1.82) is 0 Å². The number of carbonyl (C=O) groups excluding carboxylic acids is 2. The lowest BCUT2D eigenvalue weighted by atomic mass is 10.1. The third-order valence-corrected chi connectivity index (χ3v) is 5.68.